The highest BCUT2D eigenvalue weighted by Crippen LogP contribution is 2.66. The molecule has 7 nitrogen and oxygen atoms in total. The monoisotopic (exact) mass is 474 g/mol. The number of carbonyl (C=O) groups is 1. The molecule has 4 atom stereocenters. The van der Waals surface area contributed by atoms with Gasteiger partial charge in [-0.15, -0.1) is 6.42 Å². The Hall–Kier alpha value is -2.92. The van der Waals surface area contributed by atoms with Crippen molar-refractivity contribution in [1.29, 1.82) is 0 Å². The highest BCUT2D eigenvalue weighted by molar-refractivity contribution is 6.03. The zero-order valence-electron chi connectivity index (χ0n) is 20.5. The first-order valence-electron chi connectivity index (χ1n) is 12.5. The van der Waals surface area contributed by atoms with Crippen molar-refractivity contribution in [2.75, 3.05) is 49.6 Å². The number of benzene rings is 1. The summed E-state index contributed by atoms with van der Waals surface area (Å²) in [6.07, 6.45) is 7.51. The number of pyridine rings is 1. The summed E-state index contributed by atoms with van der Waals surface area (Å²) in [6, 6.07) is 12.0. The van der Waals surface area contributed by atoms with Gasteiger partial charge < -0.3 is 24.9 Å². The number of hydrogen-bond acceptors (Lipinski definition) is 6. The molecule has 7 heteroatoms. The van der Waals surface area contributed by atoms with Gasteiger partial charge in [0.15, 0.2) is 0 Å². The first-order chi connectivity index (χ1) is 16.8. The molecule has 0 radical (unpaired) electrons. The Balaban J connectivity index is 1.34. The van der Waals surface area contributed by atoms with E-state index in [1.807, 2.05) is 4.90 Å². The van der Waals surface area contributed by atoms with E-state index in [4.69, 9.17) is 6.42 Å². The number of hydrogen-bond donors (Lipinski definition) is 2. The van der Waals surface area contributed by atoms with E-state index in [1.54, 1.807) is 25.3 Å². The molecule has 3 heterocycles. The lowest BCUT2D eigenvalue weighted by Gasteiger charge is -2.35. The summed E-state index contributed by atoms with van der Waals surface area (Å²) in [7, 11) is 2.16. The molecule has 0 bridgehead atoms. The molecule has 1 amide bonds. The van der Waals surface area contributed by atoms with Crippen LogP contribution in [0.4, 0.5) is 11.4 Å². The van der Waals surface area contributed by atoms with Gasteiger partial charge in [-0.05, 0) is 50.1 Å². The number of aliphatic hydroxyl groups excluding tert-OH is 1. The van der Waals surface area contributed by atoms with Gasteiger partial charge in [-0.25, -0.2) is 0 Å². The molecular formula is C28H34N4O3. The summed E-state index contributed by atoms with van der Waals surface area (Å²) < 4.78 is 0. The second-order valence-corrected chi connectivity index (χ2v) is 10.2. The van der Waals surface area contributed by atoms with Gasteiger partial charge in [0.2, 0.25) is 5.91 Å². The van der Waals surface area contributed by atoms with Crippen LogP contribution in [0.2, 0.25) is 0 Å². The number of carbonyl (C=O) groups excluding carboxylic acids is 1. The van der Waals surface area contributed by atoms with Crippen LogP contribution in [0.3, 0.4) is 0 Å². The second kappa shape index (κ2) is 8.94. The average molecular weight is 475 g/mol. The van der Waals surface area contributed by atoms with Crippen molar-refractivity contribution >= 4 is 17.3 Å². The van der Waals surface area contributed by atoms with E-state index in [-0.39, 0.29) is 23.7 Å². The number of piperazine rings is 1. The highest BCUT2D eigenvalue weighted by atomic mass is 16.3. The number of likely N-dealkylation sites (N-methyl/N-ethyl adjacent to an activating group) is 1. The molecule has 1 spiro atoms. The molecule has 2 aromatic rings. The summed E-state index contributed by atoms with van der Waals surface area (Å²) in [5.74, 6) is 2.58. The van der Waals surface area contributed by atoms with Crippen molar-refractivity contribution in [3.05, 3.63) is 53.9 Å². The molecule has 2 N–H and O–H groups in total. The third kappa shape index (κ3) is 3.90. The fourth-order valence-corrected chi connectivity index (χ4v) is 5.83. The van der Waals surface area contributed by atoms with Crippen LogP contribution in [0, 0.1) is 17.8 Å². The van der Waals surface area contributed by atoms with Crippen LogP contribution in [0.15, 0.2) is 42.6 Å². The summed E-state index contributed by atoms with van der Waals surface area (Å²) in [5, 5.41) is 20.9. The first kappa shape index (κ1) is 23.8. The van der Waals surface area contributed by atoms with Crippen LogP contribution in [0.5, 0.6) is 0 Å². The Morgan fingerprint density at radius 1 is 1.20 bits per heavy atom. The smallest absolute Gasteiger partial charge is 0.233 e. The molecule has 3 aliphatic rings. The number of terminal acetylenes is 1. The Morgan fingerprint density at radius 3 is 2.60 bits per heavy atom. The van der Waals surface area contributed by atoms with Crippen LogP contribution in [-0.4, -0.2) is 71.9 Å². The van der Waals surface area contributed by atoms with E-state index in [0.29, 0.717) is 17.9 Å². The fraction of sp³-hybridized carbons (Fsp3) is 0.500. The molecule has 1 aromatic carbocycles. The third-order valence-electron chi connectivity index (χ3n) is 8.34. The number of amides is 1. The number of para-hydroxylation sites is 1. The fourth-order valence-electron chi connectivity index (χ4n) is 5.83. The number of aromatic nitrogens is 1. The van der Waals surface area contributed by atoms with Crippen LogP contribution in [0.25, 0.3) is 0 Å². The van der Waals surface area contributed by atoms with Crippen LogP contribution in [0.1, 0.15) is 43.4 Å². The maximum atomic E-state index is 13.7. The summed E-state index contributed by atoms with van der Waals surface area (Å²) in [4.78, 5) is 24.7. The van der Waals surface area contributed by atoms with Gasteiger partial charge in [-0.3, -0.25) is 9.78 Å². The Labute approximate surface area is 207 Å². The predicted molar refractivity (Wildman–Crippen MR) is 136 cm³/mol. The molecular weight excluding hydrogens is 440 g/mol. The minimum absolute atomic E-state index is 0.152. The van der Waals surface area contributed by atoms with Crippen LogP contribution in [-0.2, 0) is 10.4 Å². The first-order valence-corrected chi connectivity index (χ1v) is 12.5. The van der Waals surface area contributed by atoms with E-state index in [9.17, 15) is 15.0 Å². The van der Waals surface area contributed by atoms with Crippen LogP contribution >= 0.6 is 0 Å². The van der Waals surface area contributed by atoms with Gasteiger partial charge >= 0.3 is 0 Å². The van der Waals surface area contributed by atoms with E-state index >= 15 is 0 Å². The SMILES string of the molecule is C#C[C@H](O)C(O)(CC)c1ccc(N2CC[C@@]3(C[C@@H]3c3ccccc3N3CCN(C)CC3)C2=O)cn1. The quantitative estimate of drug-likeness (QED) is 0.626. The van der Waals surface area contributed by atoms with Crippen molar-refractivity contribution in [3.8, 4) is 12.3 Å². The van der Waals surface area contributed by atoms with E-state index < -0.39 is 11.7 Å². The standard InChI is InChI=1S/C28H34N4O3/c1-4-25(33)28(35,5-2)24-11-10-20(19-29-24)32-13-12-27(26(32)34)18-22(27)21-8-6-7-9-23(21)31-16-14-30(3)15-17-31/h1,6-11,19,22,25,33,35H,5,12-18H2,2-3H3/t22-,25+,27+,28?/m1/s1. The van der Waals surface area contributed by atoms with Crippen molar-refractivity contribution in [3.63, 3.8) is 0 Å². The molecule has 3 fully saturated rings. The van der Waals surface area contributed by atoms with E-state index in [2.05, 4.69) is 52.0 Å². The normalized spacial score (nSPS) is 27.1. The van der Waals surface area contributed by atoms with Gasteiger partial charge in [0.25, 0.3) is 0 Å². The Morgan fingerprint density at radius 2 is 1.94 bits per heavy atom. The van der Waals surface area contributed by atoms with Crippen molar-refractivity contribution < 1.29 is 15.0 Å². The average Bonchev–Trinajstić information content (AvgIpc) is 3.54. The number of nitrogens with zero attached hydrogens (tertiary/aromatic N) is 4. The maximum absolute atomic E-state index is 13.7. The summed E-state index contributed by atoms with van der Waals surface area (Å²) in [5.41, 5.74) is 1.62. The minimum Gasteiger partial charge on any atom is -0.380 e. The molecule has 2 aliphatic heterocycles. The van der Waals surface area contributed by atoms with Gasteiger partial charge in [0.05, 0.1) is 23.0 Å². The Kier molecular flexibility index (Phi) is 6.08. The molecule has 184 valence electrons. The highest BCUT2D eigenvalue weighted by Gasteiger charge is 2.65. The molecule has 1 aromatic heterocycles. The lowest BCUT2D eigenvalue weighted by molar-refractivity contribution is -0.121. The second-order valence-electron chi connectivity index (χ2n) is 10.2. The third-order valence-corrected chi connectivity index (χ3v) is 8.34. The van der Waals surface area contributed by atoms with E-state index in [1.165, 1.54) is 11.3 Å². The Bertz CT molecular complexity index is 1140. The van der Waals surface area contributed by atoms with Crippen molar-refractivity contribution in [2.45, 2.75) is 43.8 Å². The zero-order valence-corrected chi connectivity index (χ0v) is 20.5. The van der Waals surface area contributed by atoms with Gasteiger partial charge in [0.1, 0.15) is 11.7 Å². The lowest BCUT2D eigenvalue weighted by atomic mass is 9.89. The van der Waals surface area contributed by atoms with Gasteiger partial charge in [-0.2, -0.15) is 0 Å². The van der Waals surface area contributed by atoms with E-state index in [0.717, 1.165) is 39.0 Å². The van der Waals surface area contributed by atoms with Crippen LogP contribution < -0.4 is 9.80 Å². The van der Waals surface area contributed by atoms with Crippen molar-refractivity contribution in [2.24, 2.45) is 5.41 Å². The molecule has 2 saturated heterocycles. The van der Waals surface area contributed by atoms with Crippen molar-refractivity contribution in [1.82, 2.24) is 9.88 Å². The molecule has 1 aliphatic carbocycles. The maximum Gasteiger partial charge on any atom is 0.233 e. The molecule has 5 rings (SSSR count). The van der Waals surface area contributed by atoms with Gasteiger partial charge in [0, 0.05) is 44.3 Å². The number of aliphatic hydroxyl groups is 2. The topological polar surface area (TPSA) is 80.1 Å². The number of rotatable bonds is 6. The predicted octanol–water partition coefficient (Wildman–Crippen LogP) is 2.34. The molecule has 1 saturated carbocycles. The minimum atomic E-state index is -1.61. The van der Waals surface area contributed by atoms with Gasteiger partial charge in [-0.1, -0.05) is 31.0 Å². The number of anilines is 2. The molecule has 1 unspecified atom stereocenters. The largest absolute Gasteiger partial charge is 0.380 e. The summed E-state index contributed by atoms with van der Waals surface area (Å²) >= 11 is 0. The summed E-state index contributed by atoms with van der Waals surface area (Å²) in [6.45, 7) is 6.50. The lowest BCUT2D eigenvalue weighted by Crippen LogP contribution is -2.44. The zero-order chi connectivity index (χ0) is 24.8. The molecule has 35 heavy (non-hydrogen) atoms.